The molecule has 1 aliphatic heterocycles. The molecule has 1 saturated heterocycles. The third-order valence-corrected chi connectivity index (χ3v) is 4.89. The van der Waals surface area contributed by atoms with Crippen LogP contribution in [0.2, 0.25) is 0 Å². The molecule has 4 nitrogen and oxygen atoms in total. The van der Waals surface area contributed by atoms with Crippen LogP contribution in [-0.2, 0) is 6.54 Å². The number of halogens is 1. The standard InChI is InChI=1S/C18H25FN4/c1-13-12-22(3)14(2)10-18(13)20-11-16-8-9-23(21-16)17-6-4-15(19)5-7-17/h4-9,13-14,18,20H,10-12H2,1-3H3/t13-,14-,18-/m1/s1. The molecular formula is C18H25FN4. The number of piperidine rings is 1. The highest BCUT2D eigenvalue weighted by Crippen LogP contribution is 2.21. The summed E-state index contributed by atoms with van der Waals surface area (Å²) in [6.07, 6.45) is 3.08. The molecule has 124 valence electrons. The summed E-state index contributed by atoms with van der Waals surface area (Å²) in [6.45, 7) is 6.48. The minimum absolute atomic E-state index is 0.229. The molecule has 1 aromatic heterocycles. The van der Waals surface area contributed by atoms with Crippen LogP contribution in [-0.4, -0.2) is 40.4 Å². The zero-order valence-electron chi connectivity index (χ0n) is 14.0. The van der Waals surface area contributed by atoms with E-state index in [0.717, 1.165) is 30.9 Å². The van der Waals surface area contributed by atoms with Crippen molar-refractivity contribution in [2.75, 3.05) is 13.6 Å². The van der Waals surface area contributed by atoms with Crippen molar-refractivity contribution in [3.05, 3.63) is 48.0 Å². The average Bonchev–Trinajstić information content (AvgIpc) is 2.99. The van der Waals surface area contributed by atoms with Crippen molar-refractivity contribution in [3.8, 4) is 5.69 Å². The quantitative estimate of drug-likeness (QED) is 0.941. The largest absolute Gasteiger partial charge is 0.308 e. The molecule has 0 saturated carbocycles. The van der Waals surface area contributed by atoms with Gasteiger partial charge in [0.05, 0.1) is 11.4 Å². The van der Waals surface area contributed by atoms with Gasteiger partial charge in [0, 0.05) is 31.4 Å². The fourth-order valence-electron chi connectivity index (χ4n) is 3.25. The summed E-state index contributed by atoms with van der Waals surface area (Å²) in [5.41, 5.74) is 1.88. The maximum absolute atomic E-state index is 13.0. The lowest BCUT2D eigenvalue weighted by Crippen LogP contribution is -2.50. The van der Waals surface area contributed by atoms with Crippen LogP contribution in [0.25, 0.3) is 5.69 Å². The first-order chi connectivity index (χ1) is 11.0. The van der Waals surface area contributed by atoms with Gasteiger partial charge in [-0.05, 0) is 56.6 Å². The zero-order chi connectivity index (χ0) is 16.4. The van der Waals surface area contributed by atoms with Crippen LogP contribution >= 0.6 is 0 Å². The fourth-order valence-corrected chi connectivity index (χ4v) is 3.25. The fraction of sp³-hybridized carbons (Fsp3) is 0.500. The van der Waals surface area contributed by atoms with Crippen LogP contribution in [0, 0.1) is 11.7 Å². The summed E-state index contributed by atoms with van der Waals surface area (Å²) in [5.74, 6) is 0.406. The number of hydrogen-bond donors (Lipinski definition) is 1. The highest BCUT2D eigenvalue weighted by Gasteiger charge is 2.28. The second-order valence-corrected chi connectivity index (χ2v) is 6.72. The lowest BCUT2D eigenvalue weighted by molar-refractivity contribution is 0.121. The van der Waals surface area contributed by atoms with Gasteiger partial charge in [0.2, 0.25) is 0 Å². The van der Waals surface area contributed by atoms with E-state index in [1.54, 1.807) is 16.8 Å². The third-order valence-electron chi connectivity index (χ3n) is 4.89. The molecule has 1 aliphatic rings. The van der Waals surface area contributed by atoms with Gasteiger partial charge in [-0.2, -0.15) is 5.10 Å². The van der Waals surface area contributed by atoms with Gasteiger partial charge in [0.25, 0.3) is 0 Å². The molecule has 1 aromatic carbocycles. The molecule has 0 aliphatic carbocycles. The number of nitrogens with zero attached hydrogens (tertiary/aromatic N) is 3. The van der Waals surface area contributed by atoms with E-state index in [1.807, 2.05) is 12.3 Å². The summed E-state index contributed by atoms with van der Waals surface area (Å²) in [7, 11) is 2.20. The van der Waals surface area contributed by atoms with Crippen LogP contribution < -0.4 is 5.32 Å². The monoisotopic (exact) mass is 316 g/mol. The molecule has 5 heteroatoms. The molecule has 2 heterocycles. The summed E-state index contributed by atoms with van der Waals surface area (Å²) in [5, 5.41) is 8.22. The maximum atomic E-state index is 13.0. The van der Waals surface area contributed by atoms with Crippen molar-refractivity contribution in [2.24, 2.45) is 5.92 Å². The minimum Gasteiger partial charge on any atom is -0.308 e. The Morgan fingerprint density at radius 1 is 1.22 bits per heavy atom. The van der Waals surface area contributed by atoms with Crippen LogP contribution in [0.1, 0.15) is 26.0 Å². The highest BCUT2D eigenvalue weighted by molar-refractivity contribution is 5.31. The van der Waals surface area contributed by atoms with Crippen LogP contribution in [0.4, 0.5) is 4.39 Å². The van der Waals surface area contributed by atoms with Gasteiger partial charge < -0.3 is 10.2 Å². The predicted molar refractivity (Wildman–Crippen MR) is 90.0 cm³/mol. The Hall–Kier alpha value is -1.72. The molecule has 0 amide bonds. The van der Waals surface area contributed by atoms with Gasteiger partial charge in [0.1, 0.15) is 5.82 Å². The Bertz CT molecular complexity index is 637. The molecular weight excluding hydrogens is 291 g/mol. The number of hydrogen-bond acceptors (Lipinski definition) is 3. The Kier molecular flexibility index (Phi) is 4.78. The highest BCUT2D eigenvalue weighted by atomic mass is 19.1. The molecule has 0 spiro atoms. The molecule has 0 unspecified atom stereocenters. The van der Waals surface area contributed by atoms with Gasteiger partial charge in [-0.1, -0.05) is 6.92 Å². The number of rotatable bonds is 4. The summed E-state index contributed by atoms with van der Waals surface area (Å²) in [6, 6.07) is 9.53. The van der Waals surface area contributed by atoms with Crippen molar-refractivity contribution in [3.63, 3.8) is 0 Å². The zero-order valence-corrected chi connectivity index (χ0v) is 14.0. The van der Waals surface area contributed by atoms with Crippen molar-refractivity contribution in [1.82, 2.24) is 20.0 Å². The lowest BCUT2D eigenvalue weighted by atomic mass is 9.90. The van der Waals surface area contributed by atoms with Gasteiger partial charge >= 0.3 is 0 Å². The Morgan fingerprint density at radius 2 is 1.96 bits per heavy atom. The Balaban J connectivity index is 1.60. The van der Waals surface area contributed by atoms with E-state index in [0.29, 0.717) is 18.0 Å². The van der Waals surface area contributed by atoms with E-state index in [2.05, 4.69) is 36.2 Å². The first-order valence-corrected chi connectivity index (χ1v) is 8.27. The van der Waals surface area contributed by atoms with Crippen molar-refractivity contribution >= 4 is 0 Å². The summed E-state index contributed by atoms with van der Waals surface area (Å²) < 4.78 is 14.8. The Labute approximate surface area is 137 Å². The summed E-state index contributed by atoms with van der Waals surface area (Å²) in [4.78, 5) is 2.42. The van der Waals surface area contributed by atoms with Crippen LogP contribution in [0.15, 0.2) is 36.5 Å². The number of nitrogens with one attached hydrogen (secondary N) is 1. The predicted octanol–water partition coefficient (Wildman–Crippen LogP) is 2.83. The van der Waals surface area contributed by atoms with E-state index in [1.165, 1.54) is 12.1 Å². The second kappa shape index (κ2) is 6.81. The van der Waals surface area contributed by atoms with E-state index < -0.39 is 0 Å². The van der Waals surface area contributed by atoms with Gasteiger partial charge in [-0.3, -0.25) is 0 Å². The topological polar surface area (TPSA) is 33.1 Å². The van der Waals surface area contributed by atoms with Crippen LogP contribution in [0.3, 0.4) is 0 Å². The van der Waals surface area contributed by atoms with Crippen molar-refractivity contribution in [1.29, 1.82) is 0 Å². The van der Waals surface area contributed by atoms with Crippen LogP contribution in [0.5, 0.6) is 0 Å². The normalized spacial score (nSPS) is 25.7. The van der Waals surface area contributed by atoms with E-state index in [-0.39, 0.29) is 5.82 Å². The number of benzene rings is 1. The molecule has 0 radical (unpaired) electrons. The lowest BCUT2D eigenvalue weighted by Gasteiger charge is -2.40. The second-order valence-electron chi connectivity index (χ2n) is 6.72. The van der Waals surface area contributed by atoms with E-state index in [4.69, 9.17) is 0 Å². The molecule has 0 bridgehead atoms. The summed E-state index contributed by atoms with van der Waals surface area (Å²) >= 11 is 0. The average molecular weight is 316 g/mol. The third kappa shape index (κ3) is 3.79. The van der Waals surface area contributed by atoms with Gasteiger partial charge in [-0.25, -0.2) is 9.07 Å². The first-order valence-electron chi connectivity index (χ1n) is 8.27. The molecule has 23 heavy (non-hydrogen) atoms. The number of likely N-dealkylation sites (tertiary alicyclic amines) is 1. The van der Waals surface area contributed by atoms with Gasteiger partial charge in [-0.15, -0.1) is 0 Å². The van der Waals surface area contributed by atoms with E-state index >= 15 is 0 Å². The maximum Gasteiger partial charge on any atom is 0.123 e. The molecule has 1 N–H and O–H groups in total. The first kappa shape index (κ1) is 16.1. The smallest absolute Gasteiger partial charge is 0.123 e. The molecule has 3 atom stereocenters. The van der Waals surface area contributed by atoms with E-state index in [9.17, 15) is 4.39 Å². The van der Waals surface area contributed by atoms with Crippen molar-refractivity contribution in [2.45, 2.75) is 38.9 Å². The Morgan fingerprint density at radius 3 is 2.70 bits per heavy atom. The van der Waals surface area contributed by atoms with Gasteiger partial charge in [0.15, 0.2) is 0 Å². The SMILES string of the molecule is C[C@@H]1CN(C)[C@H](C)C[C@H]1NCc1ccn(-c2ccc(F)cc2)n1. The molecule has 3 rings (SSSR count). The molecule has 1 fully saturated rings. The minimum atomic E-state index is -0.229. The number of aromatic nitrogens is 2. The molecule has 2 aromatic rings. The van der Waals surface area contributed by atoms with Crippen molar-refractivity contribution < 1.29 is 4.39 Å².